The SMILES string of the molecule is CCOC(=O)C(OC[C@H]1O[C@@H](n2cnc3c(N)nc(C)nc32)[C@@H]2OC(C)(C)O[C@@H]21)P(=O)(OCC)OCC. The number of carbonyl (C=O) groups is 1. The molecule has 0 bridgehead atoms. The van der Waals surface area contributed by atoms with Crippen LogP contribution in [-0.2, 0) is 42.1 Å². The van der Waals surface area contributed by atoms with Crippen LogP contribution in [0.5, 0.6) is 0 Å². The number of carbonyl (C=O) groups excluding carboxylic acids is 1. The number of esters is 1. The van der Waals surface area contributed by atoms with Crippen LogP contribution in [0.4, 0.5) is 5.82 Å². The van der Waals surface area contributed by atoms with Crippen molar-refractivity contribution in [3.8, 4) is 0 Å². The number of hydrogen-bond donors (Lipinski definition) is 1. The summed E-state index contributed by atoms with van der Waals surface area (Å²) < 4.78 is 55.4. The van der Waals surface area contributed by atoms with Gasteiger partial charge in [-0.2, -0.15) is 0 Å². The summed E-state index contributed by atoms with van der Waals surface area (Å²) in [5.74, 6) is -2.65. The Labute approximate surface area is 214 Å². The van der Waals surface area contributed by atoms with Crippen LogP contribution in [0.25, 0.3) is 11.2 Å². The van der Waals surface area contributed by atoms with Crippen molar-refractivity contribution < 1.29 is 42.1 Å². The van der Waals surface area contributed by atoms with Crippen LogP contribution in [0.3, 0.4) is 0 Å². The summed E-state index contributed by atoms with van der Waals surface area (Å²) in [4.78, 5) is 25.7. The summed E-state index contributed by atoms with van der Waals surface area (Å²) in [5.41, 5.74) is 6.94. The van der Waals surface area contributed by atoms with E-state index in [0.717, 1.165) is 0 Å². The Hall–Kier alpha value is -2.19. The number of rotatable bonds is 11. The van der Waals surface area contributed by atoms with Gasteiger partial charge in [-0.1, -0.05) is 0 Å². The molecule has 4 heterocycles. The van der Waals surface area contributed by atoms with Gasteiger partial charge in [0, 0.05) is 0 Å². The highest BCUT2D eigenvalue weighted by molar-refractivity contribution is 7.55. The van der Waals surface area contributed by atoms with Crippen LogP contribution < -0.4 is 5.73 Å². The van der Waals surface area contributed by atoms with E-state index in [4.69, 9.17) is 38.5 Å². The van der Waals surface area contributed by atoms with Crippen LogP contribution in [0.1, 0.15) is 46.7 Å². The minimum Gasteiger partial charge on any atom is -0.464 e. The molecule has 0 saturated carbocycles. The lowest BCUT2D eigenvalue weighted by atomic mass is 10.1. The average molecular weight is 544 g/mol. The van der Waals surface area contributed by atoms with Gasteiger partial charge in [-0.05, 0) is 41.5 Å². The van der Waals surface area contributed by atoms with Crippen LogP contribution >= 0.6 is 7.60 Å². The number of hydrogen-bond acceptors (Lipinski definition) is 13. The Morgan fingerprint density at radius 3 is 2.49 bits per heavy atom. The quantitative estimate of drug-likeness (QED) is 0.324. The highest BCUT2D eigenvalue weighted by atomic mass is 31.2. The second kappa shape index (κ2) is 10.9. The number of aryl methyl sites for hydroxylation is 1. The van der Waals surface area contributed by atoms with E-state index >= 15 is 0 Å². The first-order valence-corrected chi connectivity index (χ1v) is 13.8. The van der Waals surface area contributed by atoms with Crippen molar-refractivity contribution in [1.82, 2.24) is 19.5 Å². The minimum atomic E-state index is -4.00. The topological polar surface area (TPSA) is 168 Å². The summed E-state index contributed by atoms with van der Waals surface area (Å²) in [6, 6.07) is 0. The Morgan fingerprint density at radius 1 is 1.16 bits per heavy atom. The molecule has 2 aliphatic heterocycles. The maximum Gasteiger partial charge on any atom is 0.370 e. The van der Waals surface area contributed by atoms with Crippen molar-refractivity contribution in [3.63, 3.8) is 0 Å². The monoisotopic (exact) mass is 543 g/mol. The van der Waals surface area contributed by atoms with Crippen LogP contribution in [0.15, 0.2) is 6.33 Å². The Balaban J connectivity index is 1.62. The molecule has 206 valence electrons. The number of aromatic nitrogens is 4. The lowest BCUT2D eigenvalue weighted by Crippen LogP contribution is -2.37. The van der Waals surface area contributed by atoms with E-state index in [1.54, 1.807) is 52.4 Å². The molecule has 0 radical (unpaired) electrons. The van der Waals surface area contributed by atoms with Gasteiger partial charge in [-0.25, -0.2) is 19.7 Å². The molecule has 0 amide bonds. The van der Waals surface area contributed by atoms with Gasteiger partial charge in [0.2, 0.25) is 0 Å². The van der Waals surface area contributed by atoms with Crippen molar-refractivity contribution in [2.45, 2.75) is 77.7 Å². The fourth-order valence-electron chi connectivity index (χ4n) is 4.48. The molecule has 1 unspecified atom stereocenters. The predicted octanol–water partition coefficient (Wildman–Crippen LogP) is 2.31. The van der Waals surface area contributed by atoms with Gasteiger partial charge in [-0.3, -0.25) is 9.13 Å². The van der Waals surface area contributed by atoms with E-state index in [-0.39, 0.29) is 32.2 Å². The van der Waals surface area contributed by atoms with Crippen LogP contribution in [-0.4, -0.2) is 81.9 Å². The molecule has 15 heteroatoms. The van der Waals surface area contributed by atoms with Gasteiger partial charge >= 0.3 is 13.6 Å². The number of nitrogens with zero attached hydrogens (tertiary/aromatic N) is 4. The van der Waals surface area contributed by atoms with Crippen molar-refractivity contribution in [3.05, 3.63) is 12.2 Å². The number of fused-ring (bicyclic) bond motifs is 2. The smallest absolute Gasteiger partial charge is 0.370 e. The zero-order valence-electron chi connectivity index (χ0n) is 21.8. The molecule has 0 aromatic carbocycles. The normalized spacial score (nSPS) is 25.9. The maximum absolute atomic E-state index is 13.4. The van der Waals surface area contributed by atoms with Gasteiger partial charge in [0.1, 0.15) is 29.7 Å². The third-order valence-corrected chi connectivity index (χ3v) is 7.94. The molecular weight excluding hydrogens is 509 g/mol. The summed E-state index contributed by atoms with van der Waals surface area (Å²) in [6.07, 6.45) is -1.02. The largest absolute Gasteiger partial charge is 0.464 e. The minimum absolute atomic E-state index is 0.0481. The van der Waals surface area contributed by atoms with Gasteiger partial charge in [0.05, 0.1) is 32.8 Å². The summed E-state index contributed by atoms with van der Waals surface area (Å²) in [5, 5.41) is 0. The first-order valence-electron chi connectivity index (χ1n) is 12.2. The third-order valence-electron chi connectivity index (χ3n) is 5.77. The molecule has 2 aromatic heterocycles. The number of nitrogen functional groups attached to an aromatic ring is 1. The number of anilines is 1. The maximum atomic E-state index is 13.4. The lowest BCUT2D eigenvalue weighted by Gasteiger charge is -2.27. The molecular formula is C22H34N5O9P. The molecule has 2 fully saturated rings. The van der Waals surface area contributed by atoms with E-state index in [0.29, 0.717) is 17.0 Å². The van der Waals surface area contributed by atoms with Gasteiger partial charge in [0.25, 0.3) is 5.85 Å². The molecule has 0 spiro atoms. The Bertz CT molecular complexity index is 1160. The first-order chi connectivity index (χ1) is 17.5. The molecule has 14 nitrogen and oxygen atoms in total. The van der Waals surface area contributed by atoms with Crippen molar-refractivity contribution in [1.29, 1.82) is 0 Å². The van der Waals surface area contributed by atoms with Gasteiger partial charge in [0.15, 0.2) is 23.5 Å². The molecule has 2 N–H and O–H groups in total. The summed E-state index contributed by atoms with van der Waals surface area (Å²) >= 11 is 0. The molecule has 2 aromatic rings. The highest BCUT2D eigenvalue weighted by Gasteiger charge is 2.57. The molecule has 4 rings (SSSR count). The number of ether oxygens (including phenoxy) is 5. The predicted molar refractivity (Wildman–Crippen MR) is 129 cm³/mol. The van der Waals surface area contributed by atoms with E-state index in [2.05, 4.69) is 15.0 Å². The molecule has 5 atom stereocenters. The van der Waals surface area contributed by atoms with Gasteiger partial charge < -0.3 is 38.5 Å². The van der Waals surface area contributed by atoms with E-state index in [9.17, 15) is 9.36 Å². The van der Waals surface area contributed by atoms with Crippen molar-refractivity contribution in [2.75, 3.05) is 32.2 Å². The summed E-state index contributed by atoms with van der Waals surface area (Å²) in [6.45, 7) is 10.2. The van der Waals surface area contributed by atoms with Crippen molar-refractivity contribution in [2.24, 2.45) is 0 Å². The fourth-order valence-corrected chi connectivity index (χ4v) is 6.14. The average Bonchev–Trinajstić information content (AvgIpc) is 3.45. The number of nitrogens with two attached hydrogens (primary N) is 1. The zero-order chi connectivity index (χ0) is 27.0. The molecule has 2 aliphatic rings. The van der Waals surface area contributed by atoms with E-state index < -0.39 is 49.7 Å². The standard InChI is InChI=1S/C22H34N5O9P/c1-7-30-20(28)21(37(29,32-8-2)33-9-3)31-10-13-15-16(36-22(5,6)35-15)19(34-13)27-11-24-14-17(23)25-12(4)26-18(14)27/h11,13,15-16,19,21H,7-10H2,1-6H3,(H2,23,25,26)/t13-,15-,16-,19-,21?/m1/s1. The zero-order valence-corrected chi connectivity index (χ0v) is 22.7. The first kappa shape index (κ1) is 27.8. The Morgan fingerprint density at radius 2 is 1.84 bits per heavy atom. The number of imidazole rings is 1. The second-order valence-electron chi connectivity index (χ2n) is 8.92. The van der Waals surface area contributed by atoms with Gasteiger partial charge in [-0.15, -0.1) is 0 Å². The highest BCUT2D eigenvalue weighted by Crippen LogP contribution is 2.54. The molecule has 0 aliphatic carbocycles. The molecule has 2 saturated heterocycles. The van der Waals surface area contributed by atoms with E-state index in [1.165, 1.54) is 0 Å². The summed E-state index contributed by atoms with van der Waals surface area (Å²) in [7, 11) is -4.00. The molecule has 37 heavy (non-hydrogen) atoms. The lowest BCUT2D eigenvalue weighted by molar-refractivity contribution is -0.203. The van der Waals surface area contributed by atoms with Crippen LogP contribution in [0.2, 0.25) is 0 Å². The van der Waals surface area contributed by atoms with Crippen molar-refractivity contribution >= 4 is 30.5 Å². The second-order valence-corrected chi connectivity index (χ2v) is 11.0. The van der Waals surface area contributed by atoms with Crippen LogP contribution in [0, 0.1) is 6.92 Å². The third kappa shape index (κ3) is 5.51. The van der Waals surface area contributed by atoms with E-state index in [1.807, 2.05) is 0 Å². The Kier molecular flexibility index (Phi) is 8.19. The fraction of sp³-hybridized carbons (Fsp3) is 0.727.